The largest absolute Gasteiger partial charge is 0.477 e. The second-order valence-corrected chi connectivity index (χ2v) is 12.5. The number of nitrogen functional groups attached to an aromatic ring is 1. The molecule has 6 unspecified atom stereocenters. The van der Waals surface area contributed by atoms with Gasteiger partial charge in [0.2, 0.25) is 5.91 Å². The number of hydrogen-bond acceptors (Lipinski definition) is 15. The first-order valence-corrected chi connectivity index (χ1v) is 15.8. The number of nitrogens with two attached hydrogens (primary N) is 1. The first kappa shape index (κ1) is 35.0. The predicted molar refractivity (Wildman–Crippen MR) is 146 cm³/mol. The molecule has 3 heterocycles. The number of carbonyl (C=O) groups excluding carboxylic acids is 2. The maximum absolute atomic E-state index is 12.9. The number of aliphatic hydroxyl groups excluding tert-OH is 3. The van der Waals surface area contributed by atoms with Crippen molar-refractivity contribution in [3.05, 3.63) is 22.7 Å². The first-order valence-electron chi connectivity index (χ1n) is 12.9. The summed E-state index contributed by atoms with van der Waals surface area (Å²) in [5.41, 5.74) is 4.52. The quantitative estimate of drug-likeness (QED) is 0.113. The molecule has 1 aromatic rings. The van der Waals surface area contributed by atoms with E-state index in [0.717, 1.165) is 17.7 Å². The second-order valence-electron chi connectivity index (χ2n) is 10.2. The van der Waals surface area contributed by atoms with E-state index in [1.807, 2.05) is 0 Å². The van der Waals surface area contributed by atoms with Gasteiger partial charge in [-0.25, -0.2) is 18.7 Å². The lowest BCUT2D eigenvalue weighted by molar-refractivity contribution is -0.270. The monoisotopic (exact) mass is 654 g/mol. The summed E-state index contributed by atoms with van der Waals surface area (Å²) in [4.78, 5) is 62.9. The number of nitrogens with one attached hydrogen (secondary N) is 1. The van der Waals surface area contributed by atoms with Crippen LogP contribution in [0.4, 0.5) is 5.82 Å². The Morgan fingerprint density at radius 2 is 1.98 bits per heavy atom. The summed E-state index contributed by atoms with van der Waals surface area (Å²) in [7, 11) is -5.41. The van der Waals surface area contributed by atoms with Crippen LogP contribution < -0.4 is 16.7 Å². The minimum atomic E-state index is -5.41. The molecular weight excluding hydrogens is 619 g/mol. The molecule has 10 atom stereocenters. The normalized spacial score (nSPS) is 33.0. The van der Waals surface area contributed by atoms with Gasteiger partial charge in [-0.05, 0) is 12.3 Å². The van der Waals surface area contributed by atoms with Crippen molar-refractivity contribution < 1.29 is 62.8 Å². The third kappa shape index (κ3) is 8.39. The molecule has 0 bridgehead atoms. The number of carbonyl (C=O) groups is 3. The molecule has 20 heteroatoms. The van der Waals surface area contributed by atoms with Gasteiger partial charge >= 0.3 is 19.5 Å². The number of nitrogens with zero attached hydrogens (tertiary/aromatic N) is 2. The fraction of sp³-hybridized carbons (Fsp3) is 0.696. The van der Waals surface area contributed by atoms with E-state index < -0.39 is 99.3 Å². The van der Waals surface area contributed by atoms with Crippen LogP contribution in [0.5, 0.6) is 0 Å². The highest BCUT2D eigenvalue weighted by atomic mass is 32.2. The van der Waals surface area contributed by atoms with Crippen molar-refractivity contribution in [2.24, 2.45) is 5.92 Å². The lowest BCUT2D eigenvalue weighted by Crippen LogP contribution is -2.64. The first-order chi connectivity index (χ1) is 20.0. The van der Waals surface area contributed by atoms with E-state index in [-0.39, 0.29) is 11.6 Å². The Hall–Kier alpha value is -2.45. The summed E-state index contributed by atoms with van der Waals surface area (Å²) >= 11 is 1.39. The Labute approximate surface area is 249 Å². The van der Waals surface area contributed by atoms with Crippen molar-refractivity contribution in [3.63, 3.8) is 0 Å². The number of carboxylic acid groups (broad SMARTS) is 1. The van der Waals surface area contributed by atoms with Crippen LogP contribution in [0.15, 0.2) is 17.1 Å². The number of aromatic nitrogens is 2. The number of ketones is 1. The number of aliphatic carboxylic acids is 1. The molecule has 0 aromatic carbocycles. The maximum Gasteiger partial charge on any atom is 0.475 e. The van der Waals surface area contributed by atoms with Crippen LogP contribution >= 0.6 is 19.6 Å². The van der Waals surface area contributed by atoms with Crippen LogP contribution in [-0.4, -0.2) is 113 Å². The van der Waals surface area contributed by atoms with Gasteiger partial charge in [-0.3, -0.25) is 18.7 Å². The van der Waals surface area contributed by atoms with Crippen LogP contribution in [-0.2, 0) is 37.5 Å². The Kier molecular flexibility index (Phi) is 11.5. The molecule has 2 saturated heterocycles. The second kappa shape index (κ2) is 14.1. The van der Waals surface area contributed by atoms with E-state index in [0.29, 0.717) is 5.75 Å². The number of rotatable bonds is 13. The molecule has 43 heavy (non-hydrogen) atoms. The Morgan fingerprint density at radius 3 is 2.56 bits per heavy atom. The molecule has 18 nitrogen and oxygen atoms in total. The molecule has 0 radical (unpaired) electrons. The van der Waals surface area contributed by atoms with Crippen molar-refractivity contribution in [3.8, 4) is 0 Å². The van der Waals surface area contributed by atoms with Gasteiger partial charge in [-0.2, -0.15) is 16.7 Å². The number of phosphoric acid groups is 1. The highest BCUT2D eigenvalue weighted by molar-refractivity contribution is 7.98. The fourth-order valence-electron chi connectivity index (χ4n) is 4.68. The maximum atomic E-state index is 12.9. The minimum Gasteiger partial charge on any atom is -0.477 e. The van der Waals surface area contributed by atoms with Crippen molar-refractivity contribution in [2.75, 3.05) is 24.3 Å². The lowest BCUT2D eigenvalue weighted by atomic mass is 9.89. The molecule has 0 saturated carbocycles. The molecular formula is C23H35N4O14PS. The average molecular weight is 655 g/mol. The van der Waals surface area contributed by atoms with Gasteiger partial charge in [0.1, 0.15) is 29.9 Å². The van der Waals surface area contributed by atoms with Crippen LogP contribution in [0, 0.1) is 5.92 Å². The van der Waals surface area contributed by atoms with E-state index in [4.69, 9.17) is 24.3 Å². The third-order valence-corrected chi connectivity index (χ3v) is 8.66. The smallest absolute Gasteiger partial charge is 0.475 e. The molecule has 0 aliphatic carbocycles. The fourth-order valence-corrected chi connectivity index (χ4v) is 6.33. The molecule has 2 aliphatic heterocycles. The topological polar surface area (TPSA) is 279 Å². The molecule has 242 valence electrons. The average Bonchev–Trinajstić information content (AvgIpc) is 3.17. The van der Waals surface area contributed by atoms with E-state index >= 15 is 0 Å². The molecule has 0 spiro atoms. The zero-order chi connectivity index (χ0) is 32.3. The standard InChI is InChI=1S/C23H35N4O14PS/c1-10(9-43-3)12(29)6-14-17(25-11(2)28)13(30)7-23(40-14,21(33)34)41-42(36,37)38-8-15-18(31)19(32)20(39-15)27-5-4-16(24)26-22(27)35/h4-5,10,13-15,17-20,30-32H,6-9H2,1-3H3,(H,25,28)(H,33,34)(H,36,37)(H2,24,26,35)/t10?,13?,14?,15-,17?,18-,19-,20-,23?/m1/s1. The molecule has 2 fully saturated rings. The number of aliphatic hydroxyl groups is 3. The van der Waals surface area contributed by atoms with Crippen LogP contribution in [0.1, 0.15) is 32.9 Å². The highest BCUT2D eigenvalue weighted by Crippen LogP contribution is 2.51. The van der Waals surface area contributed by atoms with Crippen LogP contribution in [0.2, 0.25) is 0 Å². The van der Waals surface area contributed by atoms with Gasteiger partial charge in [-0.1, -0.05) is 6.92 Å². The van der Waals surface area contributed by atoms with E-state index in [1.165, 1.54) is 17.8 Å². The van der Waals surface area contributed by atoms with Gasteiger partial charge < -0.3 is 45.8 Å². The van der Waals surface area contributed by atoms with Gasteiger partial charge in [0.25, 0.3) is 5.79 Å². The molecule has 8 N–H and O–H groups in total. The van der Waals surface area contributed by atoms with Crippen molar-refractivity contribution in [2.45, 2.75) is 75.3 Å². The molecule has 1 aromatic heterocycles. The van der Waals surface area contributed by atoms with Crippen molar-refractivity contribution in [1.82, 2.24) is 14.9 Å². The van der Waals surface area contributed by atoms with Crippen molar-refractivity contribution in [1.29, 1.82) is 0 Å². The Balaban J connectivity index is 1.77. The Bertz CT molecular complexity index is 1300. The Morgan fingerprint density at radius 1 is 1.30 bits per heavy atom. The summed E-state index contributed by atoms with van der Waals surface area (Å²) in [5, 5.41) is 43.9. The zero-order valence-electron chi connectivity index (χ0n) is 23.3. The van der Waals surface area contributed by atoms with Crippen molar-refractivity contribution >= 4 is 43.1 Å². The van der Waals surface area contributed by atoms with Crippen LogP contribution in [0.3, 0.4) is 0 Å². The third-order valence-electron chi connectivity index (χ3n) is 6.83. The number of hydrogen-bond donors (Lipinski definition) is 7. The number of amides is 1. The number of phosphoric ester groups is 1. The van der Waals surface area contributed by atoms with Gasteiger partial charge in [0.15, 0.2) is 6.23 Å². The lowest BCUT2D eigenvalue weighted by Gasteiger charge is -2.44. The summed E-state index contributed by atoms with van der Waals surface area (Å²) < 4.78 is 34.5. The highest BCUT2D eigenvalue weighted by Gasteiger charge is 2.57. The van der Waals surface area contributed by atoms with Crippen LogP contribution in [0.25, 0.3) is 0 Å². The molecule has 1 amide bonds. The number of ether oxygens (including phenoxy) is 2. The van der Waals surface area contributed by atoms with E-state index in [1.54, 1.807) is 13.2 Å². The van der Waals surface area contributed by atoms with E-state index in [2.05, 4.69) is 10.3 Å². The number of anilines is 1. The number of carboxylic acids is 1. The predicted octanol–water partition coefficient (Wildman–Crippen LogP) is -2.03. The zero-order valence-corrected chi connectivity index (χ0v) is 25.1. The summed E-state index contributed by atoms with van der Waals surface area (Å²) in [5.74, 6) is -6.14. The molecule has 2 aliphatic rings. The number of Topliss-reactive ketones (excluding diaryl/α,β-unsaturated/α-hetero) is 1. The molecule has 3 rings (SSSR count). The number of thioether (sulfide) groups is 1. The van der Waals surface area contributed by atoms with Gasteiger partial charge in [-0.15, -0.1) is 0 Å². The summed E-state index contributed by atoms with van der Waals surface area (Å²) in [6.07, 6.45) is -8.15. The SMILES string of the molecule is CSCC(C)C(=O)CC1OC(OP(=O)(O)OC[C@H]2O[C@@H](n3ccc(N)nc3=O)[C@H](O)[C@@H]2O)(C(=O)O)CC(O)C1NC(C)=O. The summed E-state index contributed by atoms with van der Waals surface area (Å²) in [6, 6.07) is -0.0292. The van der Waals surface area contributed by atoms with E-state index in [9.17, 15) is 49.1 Å². The van der Waals surface area contributed by atoms with Gasteiger partial charge in [0, 0.05) is 37.6 Å². The minimum absolute atomic E-state index is 0.112. The van der Waals surface area contributed by atoms with Gasteiger partial charge in [0.05, 0.1) is 24.9 Å². The summed E-state index contributed by atoms with van der Waals surface area (Å²) in [6.45, 7) is 1.82.